The van der Waals surface area contributed by atoms with Crippen LogP contribution in [-0.4, -0.2) is 22.9 Å². The molecule has 0 aliphatic carbocycles. The minimum Gasteiger partial charge on any atom is -0.382 e. The van der Waals surface area contributed by atoms with Crippen molar-refractivity contribution in [2.45, 2.75) is 38.9 Å². The highest BCUT2D eigenvalue weighted by atomic mass is 16.1. The molecule has 2 N–H and O–H groups in total. The Bertz CT molecular complexity index is 669. The number of Topliss-reactive ketones (excluding diaryl/α,β-unsaturated/α-hetero) is 1. The Morgan fingerprint density at radius 2 is 2.32 bits per heavy atom. The van der Waals surface area contributed by atoms with Gasteiger partial charge in [-0.3, -0.25) is 9.78 Å². The van der Waals surface area contributed by atoms with Crippen molar-refractivity contribution in [3.8, 4) is 0 Å². The summed E-state index contributed by atoms with van der Waals surface area (Å²) in [5, 5.41) is 6.67. The van der Waals surface area contributed by atoms with Crippen LogP contribution in [0, 0.1) is 0 Å². The van der Waals surface area contributed by atoms with E-state index in [1.54, 1.807) is 6.20 Å². The molecular formula is C18H21N3O. The lowest BCUT2D eigenvalue weighted by Gasteiger charge is -2.13. The topological polar surface area (TPSA) is 54.0 Å². The number of rotatable bonds is 5. The maximum absolute atomic E-state index is 12.5. The number of benzene rings is 1. The summed E-state index contributed by atoms with van der Waals surface area (Å²) in [5.74, 6) is 0.131. The molecule has 2 atom stereocenters. The molecule has 1 aromatic carbocycles. The zero-order chi connectivity index (χ0) is 15.5. The number of ketones is 1. The highest BCUT2D eigenvalue weighted by molar-refractivity contribution is 6.00. The molecule has 22 heavy (non-hydrogen) atoms. The fourth-order valence-corrected chi connectivity index (χ4v) is 2.82. The second kappa shape index (κ2) is 6.28. The summed E-state index contributed by atoms with van der Waals surface area (Å²) in [6.45, 7) is 4.71. The van der Waals surface area contributed by atoms with Gasteiger partial charge >= 0.3 is 0 Å². The third kappa shape index (κ3) is 3.17. The van der Waals surface area contributed by atoms with Crippen molar-refractivity contribution < 1.29 is 4.79 Å². The number of pyridine rings is 1. The van der Waals surface area contributed by atoms with Gasteiger partial charge in [-0.1, -0.05) is 6.07 Å². The lowest BCUT2D eigenvalue weighted by atomic mass is 10.0. The highest BCUT2D eigenvalue weighted by Crippen LogP contribution is 2.26. The molecular weight excluding hydrogens is 274 g/mol. The first-order valence-corrected chi connectivity index (χ1v) is 7.69. The van der Waals surface area contributed by atoms with Crippen LogP contribution in [0.4, 0.5) is 5.69 Å². The van der Waals surface area contributed by atoms with Crippen LogP contribution in [0.5, 0.6) is 0 Å². The van der Waals surface area contributed by atoms with Gasteiger partial charge in [-0.05, 0) is 55.7 Å². The lowest BCUT2D eigenvalue weighted by Crippen LogP contribution is -2.33. The van der Waals surface area contributed by atoms with Gasteiger partial charge in [-0.15, -0.1) is 0 Å². The second-order valence-electron chi connectivity index (χ2n) is 5.95. The Hall–Kier alpha value is -2.20. The minimum absolute atomic E-state index is 0.131. The molecule has 1 aliphatic heterocycles. The third-order valence-electron chi connectivity index (χ3n) is 4.05. The zero-order valence-electron chi connectivity index (χ0n) is 13.0. The lowest BCUT2D eigenvalue weighted by molar-refractivity contribution is 0.0950. The summed E-state index contributed by atoms with van der Waals surface area (Å²) in [6, 6.07) is 10.1. The van der Waals surface area contributed by atoms with Gasteiger partial charge in [0, 0.05) is 36.2 Å². The zero-order valence-corrected chi connectivity index (χ0v) is 13.0. The molecule has 4 nitrogen and oxygen atoms in total. The van der Waals surface area contributed by atoms with Crippen molar-refractivity contribution in [3.05, 3.63) is 59.4 Å². The quantitative estimate of drug-likeness (QED) is 0.833. The smallest absolute Gasteiger partial charge is 0.179 e. The SMILES string of the molecule is CC1Cc2cc(C(=O)C(C)NCc3cccnc3)ccc2N1. The van der Waals surface area contributed by atoms with E-state index in [1.165, 1.54) is 5.56 Å². The van der Waals surface area contributed by atoms with E-state index in [1.807, 2.05) is 43.5 Å². The molecule has 1 aromatic heterocycles. The molecule has 2 unspecified atom stereocenters. The van der Waals surface area contributed by atoms with E-state index in [2.05, 4.69) is 22.5 Å². The van der Waals surface area contributed by atoms with Crippen molar-refractivity contribution in [3.63, 3.8) is 0 Å². The summed E-state index contributed by atoms with van der Waals surface area (Å²) in [4.78, 5) is 16.6. The first-order chi connectivity index (χ1) is 10.6. The van der Waals surface area contributed by atoms with Gasteiger partial charge < -0.3 is 10.6 Å². The van der Waals surface area contributed by atoms with Crippen LogP contribution < -0.4 is 10.6 Å². The second-order valence-corrected chi connectivity index (χ2v) is 5.95. The van der Waals surface area contributed by atoms with Crippen LogP contribution in [0.3, 0.4) is 0 Å². The van der Waals surface area contributed by atoms with E-state index in [-0.39, 0.29) is 11.8 Å². The Morgan fingerprint density at radius 1 is 1.45 bits per heavy atom. The number of nitrogens with one attached hydrogen (secondary N) is 2. The van der Waals surface area contributed by atoms with Crippen molar-refractivity contribution in [1.82, 2.24) is 10.3 Å². The van der Waals surface area contributed by atoms with Gasteiger partial charge in [0.25, 0.3) is 0 Å². The summed E-state index contributed by atoms with van der Waals surface area (Å²) < 4.78 is 0. The van der Waals surface area contributed by atoms with E-state index in [0.717, 1.165) is 23.2 Å². The molecule has 1 aliphatic rings. The Kier molecular flexibility index (Phi) is 4.20. The maximum Gasteiger partial charge on any atom is 0.179 e. The standard InChI is InChI=1S/C18H21N3O/c1-12-8-16-9-15(5-6-17(16)21-12)18(22)13(2)20-11-14-4-3-7-19-10-14/h3-7,9-10,12-13,20-21H,8,11H2,1-2H3. The predicted octanol–water partition coefficient (Wildman–Crippen LogP) is 2.80. The van der Waals surface area contributed by atoms with Gasteiger partial charge in [0.05, 0.1) is 6.04 Å². The molecule has 0 saturated heterocycles. The average Bonchev–Trinajstić information content (AvgIpc) is 2.92. The average molecular weight is 295 g/mol. The number of aromatic nitrogens is 1. The van der Waals surface area contributed by atoms with E-state index >= 15 is 0 Å². The number of carbonyl (C=O) groups is 1. The summed E-state index contributed by atoms with van der Waals surface area (Å²) in [6.07, 6.45) is 4.54. The van der Waals surface area contributed by atoms with Crippen molar-refractivity contribution in [2.24, 2.45) is 0 Å². The van der Waals surface area contributed by atoms with Crippen LogP contribution in [-0.2, 0) is 13.0 Å². The fourth-order valence-electron chi connectivity index (χ4n) is 2.82. The van der Waals surface area contributed by atoms with Crippen molar-refractivity contribution in [2.75, 3.05) is 5.32 Å². The molecule has 0 bridgehead atoms. The van der Waals surface area contributed by atoms with E-state index in [0.29, 0.717) is 12.6 Å². The summed E-state index contributed by atoms with van der Waals surface area (Å²) in [5.41, 5.74) is 4.24. The monoisotopic (exact) mass is 295 g/mol. The van der Waals surface area contributed by atoms with Gasteiger partial charge in [0.1, 0.15) is 0 Å². The molecule has 3 rings (SSSR count). The van der Waals surface area contributed by atoms with Crippen molar-refractivity contribution in [1.29, 1.82) is 0 Å². The summed E-state index contributed by atoms with van der Waals surface area (Å²) in [7, 11) is 0. The Labute approximate surface area is 131 Å². The molecule has 0 radical (unpaired) electrons. The van der Waals surface area contributed by atoms with E-state index in [9.17, 15) is 4.79 Å². The first kappa shape index (κ1) is 14.7. The number of hydrogen-bond donors (Lipinski definition) is 2. The maximum atomic E-state index is 12.5. The molecule has 114 valence electrons. The predicted molar refractivity (Wildman–Crippen MR) is 88.1 cm³/mol. The molecule has 0 spiro atoms. The van der Waals surface area contributed by atoms with Gasteiger partial charge in [-0.2, -0.15) is 0 Å². The molecule has 0 saturated carbocycles. The Morgan fingerprint density at radius 3 is 3.09 bits per heavy atom. The number of nitrogens with zero attached hydrogens (tertiary/aromatic N) is 1. The van der Waals surface area contributed by atoms with E-state index < -0.39 is 0 Å². The summed E-state index contributed by atoms with van der Waals surface area (Å²) >= 11 is 0. The number of hydrogen-bond acceptors (Lipinski definition) is 4. The van der Waals surface area contributed by atoms with Crippen LogP contribution in [0.2, 0.25) is 0 Å². The Balaban J connectivity index is 1.65. The molecule has 4 heteroatoms. The van der Waals surface area contributed by atoms with Crippen LogP contribution in [0.15, 0.2) is 42.7 Å². The molecule has 0 amide bonds. The number of carbonyl (C=O) groups excluding carboxylic acids is 1. The van der Waals surface area contributed by atoms with Gasteiger partial charge in [0.15, 0.2) is 5.78 Å². The van der Waals surface area contributed by atoms with Crippen molar-refractivity contribution >= 4 is 11.5 Å². The number of anilines is 1. The van der Waals surface area contributed by atoms with Gasteiger partial charge in [0.2, 0.25) is 0 Å². The van der Waals surface area contributed by atoms with Gasteiger partial charge in [-0.25, -0.2) is 0 Å². The normalized spacial score (nSPS) is 17.6. The first-order valence-electron chi connectivity index (χ1n) is 7.69. The van der Waals surface area contributed by atoms with Crippen LogP contribution in [0.25, 0.3) is 0 Å². The molecule has 2 heterocycles. The molecule has 0 fully saturated rings. The minimum atomic E-state index is -0.218. The van der Waals surface area contributed by atoms with Crippen LogP contribution >= 0.6 is 0 Å². The van der Waals surface area contributed by atoms with E-state index in [4.69, 9.17) is 0 Å². The van der Waals surface area contributed by atoms with Crippen LogP contribution in [0.1, 0.15) is 35.3 Å². The fraction of sp³-hybridized carbons (Fsp3) is 0.333. The number of fused-ring (bicyclic) bond motifs is 1. The largest absolute Gasteiger partial charge is 0.382 e. The highest BCUT2D eigenvalue weighted by Gasteiger charge is 2.20. The third-order valence-corrected chi connectivity index (χ3v) is 4.05. The molecule has 2 aromatic rings.